The summed E-state index contributed by atoms with van der Waals surface area (Å²) in [6, 6.07) is 6.51. The highest BCUT2D eigenvalue weighted by atomic mass is 32.2. The molecule has 1 aliphatic rings. The molecular weight excluding hydrogens is 264 g/mol. The maximum absolute atomic E-state index is 12.0. The summed E-state index contributed by atoms with van der Waals surface area (Å²) in [4.78, 5) is 13.6. The van der Waals surface area contributed by atoms with Crippen molar-refractivity contribution in [3.63, 3.8) is 0 Å². The van der Waals surface area contributed by atoms with Crippen molar-refractivity contribution in [2.75, 3.05) is 23.7 Å². The Balaban J connectivity index is 2.16. The fraction of sp³-hybridized carbons (Fsp3) is 0.462. The molecule has 0 atom stereocenters. The second-order valence-electron chi connectivity index (χ2n) is 4.60. The minimum Gasteiger partial charge on any atom is -0.330 e. The largest absolute Gasteiger partial charge is 0.330 e. The number of hydrogen-bond acceptors (Lipinski definition) is 4. The van der Waals surface area contributed by atoms with Gasteiger partial charge >= 0.3 is 0 Å². The van der Waals surface area contributed by atoms with Gasteiger partial charge in [-0.1, -0.05) is 0 Å². The molecule has 104 valence electrons. The van der Waals surface area contributed by atoms with Crippen molar-refractivity contribution in [3.05, 3.63) is 24.3 Å². The maximum atomic E-state index is 12.0. The van der Waals surface area contributed by atoms with Crippen LogP contribution in [0.25, 0.3) is 0 Å². The third-order valence-corrected chi connectivity index (χ3v) is 5.01. The van der Waals surface area contributed by atoms with Crippen LogP contribution in [0, 0.1) is 0 Å². The second-order valence-corrected chi connectivity index (χ2v) is 6.71. The van der Waals surface area contributed by atoms with Crippen LogP contribution in [0.5, 0.6) is 0 Å². The van der Waals surface area contributed by atoms with Gasteiger partial charge in [0.1, 0.15) is 0 Å². The van der Waals surface area contributed by atoms with Crippen LogP contribution in [0.2, 0.25) is 0 Å². The molecule has 1 amide bonds. The average Bonchev–Trinajstić information content (AvgIpc) is 2.83. The van der Waals surface area contributed by atoms with Crippen LogP contribution < -0.4 is 10.6 Å². The van der Waals surface area contributed by atoms with Crippen molar-refractivity contribution >= 4 is 21.4 Å². The van der Waals surface area contributed by atoms with E-state index in [0.717, 1.165) is 12.1 Å². The van der Waals surface area contributed by atoms with Crippen LogP contribution in [0.4, 0.5) is 5.69 Å². The lowest BCUT2D eigenvalue weighted by atomic mass is 10.3. The lowest BCUT2D eigenvalue weighted by Crippen LogP contribution is -2.23. The number of anilines is 1. The van der Waals surface area contributed by atoms with E-state index in [1.54, 1.807) is 29.2 Å². The lowest BCUT2D eigenvalue weighted by molar-refractivity contribution is -0.117. The summed E-state index contributed by atoms with van der Waals surface area (Å²) in [6.07, 6.45) is 1.88. The molecular formula is C13H18N2O3S. The summed E-state index contributed by atoms with van der Waals surface area (Å²) in [5.74, 6) is 0.157. The highest BCUT2D eigenvalue weighted by molar-refractivity contribution is 7.91. The van der Waals surface area contributed by atoms with E-state index in [0.29, 0.717) is 25.9 Å². The number of amides is 1. The maximum Gasteiger partial charge on any atom is 0.227 e. The van der Waals surface area contributed by atoms with Crippen molar-refractivity contribution in [2.45, 2.75) is 24.2 Å². The first-order valence-electron chi connectivity index (χ1n) is 6.38. The van der Waals surface area contributed by atoms with E-state index in [2.05, 4.69) is 0 Å². The molecule has 2 rings (SSSR count). The van der Waals surface area contributed by atoms with Crippen LogP contribution in [0.3, 0.4) is 0 Å². The van der Waals surface area contributed by atoms with Gasteiger partial charge in [-0.25, -0.2) is 8.42 Å². The standard InChI is InChI=1S/C13H18N2O3S/c14-8-2-10-19(17,18)12-6-4-11(5-7-12)15-9-1-3-13(15)16/h4-7H,1-3,8-10,14H2. The number of nitrogens with two attached hydrogens (primary N) is 1. The van der Waals surface area contributed by atoms with Gasteiger partial charge in [-0.2, -0.15) is 0 Å². The Labute approximate surface area is 113 Å². The van der Waals surface area contributed by atoms with Gasteiger partial charge in [0.25, 0.3) is 0 Å². The zero-order valence-electron chi connectivity index (χ0n) is 10.7. The van der Waals surface area contributed by atoms with E-state index in [-0.39, 0.29) is 16.6 Å². The zero-order chi connectivity index (χ0) is 13.9. The molecule has 0 aliphatic carbocycles. The predicted octanol–water partition coefficient (Wildman–Crippen LogP) is 0.936. The Bertz CT molecular complexity index is 552. The van der Waals surface area contributed by atoms with Crippen molar-refractivity contribution in [1.82, 2.24) is 0 Å². The van der Waals surface area contributed by atoms with Gasteiger partial charge in [0.05, 0.1) is 10.6 Å². The Morgan fingerprint density at radius 2 is 1.89 bits per heavy atom. The van der Waals surface area contributed by atoms with Gasteiger partial charge in [0.15, 0.2) is 9.84 Å². The van der Waals surface area contributed by atoms with E-state index in [4.69, 9.17) is 5.73 Å². The molecule has 0 saturated carbocycles. The Hall–Kier alpha value is -1.40. The van der Waals surface area contributed by atoms with E-state index in [1.165, 1.54) is 0 Å². The number of nitrogens with zero attached hydrogens (tertiary/aromatic N) is 1. The number of carbonyl (C=O) groups excluding carboxylic acids is 1. The zero-order valence-corrected chi connectivity index (χ0v) is 11.5. The summed E-state index contributed by atoms with van der Waals surface area (Å²) in [7, 11) is -3.26. The topological polar surface area (TPSA) is 80.5 Å². The number of carbonyl (C=O) groups is 1. The molecule has 1 aliphatic heterocycles. The van der Waals surface area contributed by atoms with Gasteiger partial charge in [-0.05, 0) is 43.7 Å². The minimum absolute atomic E-state index is 0.0610. The monoisotopic (exact) mass is 282 g/mol. The number of hydrogen-bond donors (Lipinski definition) is 1. The van der Waals surface area contributed by atoms with Gasteiger partial charge in [0.2, 0.25) is 5.91 Å². The normalized spacial score (nSPS) is 16.1. The smallest absolute Gasteiger partial charge is 0.227 e. The van der Waals surface area contributed by atoms with Crippen LogP contribution in [-0.2, 0) is 14.6 Å². The minimum atomic E-state index is -3.26. The third-order valence-electron chi connectivity index (χ3n) is 3.20. The van der Waals surface area contributed by atoms with E-state index < -0.39 is 9.84 Å². The molecule has 1 aromatic carbocycles. The highest BCUT2D eigenvalue weighted by Gasteiger charge is 2.22. The molecule has 1 heterocycles. The average molecular weight is 282 g/mol. The first-order valence-corrected chi connectivity index (χ1v) is 8.03. The quantitative estimate of drug-likeness (QED) is 0.871. The molecule has 1 saturated heterocycles. The van der Waals surface area contributed by atoms with E-state index in [9.17, 15) is 13.2 Å². The molecule has 0 unspecified atom stereocenters. The summed E-state index contributed by atoms with van der Waals surface area (Å²) < 4.78 is 23.9. The van der Waals surface area contributed by atoms with Gasteiger partial charge in [-0.3, -0.25) is 4.79 Å². The van der Waals surface area contributed by atoms with Crippen LogP contribution in [0.15, 0.2) is 29.2 Å². The fourth-order valence-electron chi connectivity index (χ4n) is 2.15. The molecule has 0 spiro atoms. The van der Waals surface area contributed by atoms with Crippen molar-refractivity contribution in [3.8, 4) is 0 Å². The summed E-state index contributed by atoms with van der Waals surface area (Å²) in [5, 5.41) is 0. The van der Waals surface area contributed by atoms with Crippen LogP contribution >= 0.6 is 0 Å². The number of sulfone groups is 1. The molecule has 1 aromatic rings. The van der Waals surface area contributed by atoms with Gasteiger partial charge in [-0.15, -0.1) is 0 Å². The summed E-state index contributed by atoms with van der Waals surface area (Å²) in [5.41, 5.74) is 6.09. The predicted molar refractivity (Wildman–Crippen MR) is 73.8 cm³/mol. The molecule has 2 N–H and O–H groups in total. The molecule has 5 nitrogen and oxygen atoms in total. The molecule has 0 radical (unpaired) electrons. The second kappa shape index (κ2) is 5.71. The van der Waals surface area contributed by atoms with Crippen LogP contribution in [0.1, 0.15) is 19.3 Å². The molecule has 19 heavy (non-hydrogen) atoms. The fourth-order valence-corrected chi connectivity index (χ4v) is 3.48. The molecule has 1 fully saturated rings. The number of rotatable bonds is 5. The highest BCUT2D eigenvalue weighted by Crippen LogP contribution is 2.23. The van der Waals surface area contributed by atoms with Crippen molar-refractivity contribution in [1.29, 1.82) is 0 Å². The number of benzene rings is 1. The molecule has 0 aromatic heterocycles. The van der Waals surface area contributed by atoms with Crippen molar-refractivity contribution in [2.24, 2.45) is 5.73 Å². The molecule has 0 bridgehead atoms. The molecule has 6 heteroatoms. The summed E-state index contributed by atoms with van der Waals surface area (Å²) in [6.45, 7) is 1.07. The first kappa shape index (κ1) is 14.0. The van der Waals surface area contributed by atoms with E-state index in [1.807, 2.05) is 0 Å². The van der Waals surface area contributed by atoms with E-state index >= 15 is 0 Å². The van der Waals surface area contributed by atoms with Crippen LogP contribution in [-0.4, -0.2) is 33.2 Å². The first-order chi connectivity index (χ1) is 9.04. The Morgan fingerprint density at radius 1 is 1.21 bits per heavy atom. The summed E-state index contributed by atoms with van der Waals surface area (Å²) >= 11 is 0. The van der Waals surface area contributed by atoms with Gasteiger partial charge < -0.3 is 10.6 Å². The van der Waals surface area contributed by atoms with Crippen molar-refractivity contribution < 1.29 is 13.2 Å². The Morgan fingerprint density at radius 3 is 2.42 bits per heavy atom. The third kappa shape index (κ3) is 3.13. The van der Waals surface area contributed by atoms with Gasteiger partial charge in [0, 0.05) is 18.7 Å². The lowest BCUT2D eigenvalue weighted by Gasteiger charge is -2.15. The SMILES string of the molecule is NCCCS(=O)(=O)c1ccc(N2CCCC2=O)cc1. The Kier molecular flexibility index (Phi) is 4.21.